The molecule has 1 aromatic carbocycles. The van der Waals surface area contributed by atoms with Crippen LogP contribution in [0.2, 0.25) is 0 Å². The fourth-order valence-corrected chi connectivity index (χ4v) is 1.84. The van der Waals surface area contributed by atoms with Gasteiger partial charge in [0.15, 0.2) is 0 Å². The Morgan fingerprint density at radius 3 is 2.87 bits per heavy atom. The molecule has 1 saturated heterocycles. The van der Waals surface area contributed by atoms with Gasteiger partial charge in [-0.15, -0.1) is 0 Å². The third-order valence-electron chi connectivity index (χ3n) is 2.63. The summed E-state index contributed by atoms with van der Waals surface area (Å²) >= 11 is 0. The van der Waals surface area contributed by atoms with Crippen LogP contribution < -0.4 is 10.6 Å². The SMILES string of the molecule is O=C(Cc1ccccc1)N[C@H]1CCNC1. The molecule has 2 N–H and O–H groups in total. The number of carbonyl (C=O) groups excluding carboxylic acids is 1. The van der Waals surface area contributed by atoms with E-state index < -0.39 is 0 Å². The maximum atomic E-state index is 11.6. The van der Waals surface area contributed by atoms with E-state index in [2.05, 4.69) is 10.6 Å². The van der Waals surface area contributed by atoms with Crippen LogP contribution in [0.25, 0.3) is 0 Å². The van der Waals surface area contributed by atoms with E-state index in [1.54, 1.807) is 0 Å². The molecule has 0 unspecified atom stereocenters. The van der Waals surface area contributed by atoms with Gasteiger partial charge in [0.2, 0.25) is 5.91 Å². The minimum atomic E-state index is 0.120. The van der Waals surface area contributed by atoms with Gasteiger partial charge < -0.3 is 10.6 Å². The molecule has 0 spiro atoms. The van der Waals surface area contributed by atoms with E-state index in [-0.39, 0.29) is 5.91 Å². The van der Waals surface area contributed by atoms with Gasteiger partial charge in [0, 0.05) is 12.6 Å². The summed E-state index contributed by atoms with van der Waals surface area (Å²) in [6, 6.07) is 10.2. The summed E-state index contributed by atoms with van der Waals surface area (Å²) in [5, 5.41) is 6.25. The number of hydrogen-bond donors (Lipinski definition) is 2. The van der Waals surface area contributed by atoms with E-state index in [0.717, 1.165) is 25.1 Å². The molecular formula is C12H16N2O. The highest BCUT2D eigenvalue weighted by Gasteiger charge is 2.16. The number of carbonyl (C=O) groups is 1. The van der Waals surface area contributed by atoms with Gasteiger partial charge in [0.25, 0.3) is 0 Å². The summed E-state index contributed by atoms with van der Waals surface area (Å²) < 4.78 is 0. The Hall–Kier alpha value is -1.35. The van der Waals surface area contributed by atoms with Gasteiger partial charge >= 0.3 is 0 Å². The summed E-state index contributed by atoms with van der Waals surface area (Å²) in [6.45, 7) is 1.91. The van der Waals surface area contributed by atoms with Gasteiger partial charge in [0.05, 0.1) is 6.42 Å². The Morgan fingerprint density at radius 2 is 2.20 bits per heavy atom. The average Bonchev–Trinajstić information content (AvgIpc) is 2.71. The Morgan fingerprint density at radius 1 is 1.40 bits per heavy atom. The lowest BCUT2D eigenvalue weighted by Gasteiger charge is -2.10. The molecule has 15 heavy (non-hydrogen) atoms. The molecule has 3 heteroatoms. The summed E-state index contributed by atoms with van der Waals surface area (Å²) in [6.07, 6.45) is 1.53. The molecule has 1 heterocycles. The number of nitrogens with one attached hydrogen (secondary N) is 2. The van der Waals surface area contributed by atoms with Crippen molar-refractivity contribution in [1.82, 2.24) is 10.6 Å². The fourth-order valence-electron chi connectivity index (χ4n) is 1.84. The molecule has 1 fully saturated rings. The number of benzene rings is 1. The number of rotatable bonds is 3. The summed E-state index contributed by atoms with van der Waals surface area (Å²) in [5.74, 6) is 0.120. The maximum absolute atomic E-state index is 11.6. The quantitative estimate of drug-likeness (QED) is 0.761. The Bertz CT molecular complexity index is 318. The molecule has 3 nitrogen and oxygen atoms in total. The number of amides is 1. The summed E-state index contributed by atoms with van der Waals surface area (Å²) in [7, 11) is 0. The van der Waals surface area contributed by atoms with Crippen LogP contribution in [0, 0.1) is 0 Å². The zero-order valence-electron chi connectivity index (χ0n) is 8.70. The second-order valence-electron chi connectivity index (χ2n) is 3.92. The van der Waals surface area contributed by atoms with Crippen LogP contribution in [0.5, 0.6) is 0 Å². The fraction of sp³-hybridized carbons (Fsp3) is 0.417. The molecule has 80 valence electrons. The maximum Gasteiger partial charge on any atom is 0.224 e. The molecule has 1 amide bonds. The Labute approximate surface area is 89.9 Å². The van der Waals surface area contributed by atoms with Gasteiger partial charge in [-0.2, -0.15) is 0 Å². The van der Waals surface area contributed by atoms with Crippen LogP contribution in [-0.4, -0.2) is 25.0 Å². The predicted molar refractivity (Wildman–Crippen MR) is 59.6 cm³/mol. The lowest BCUT2D eigenvalue weighted by molar-refractivity contribution is -0.121. The molecule has 0 saturated carbocycles. The van der Waals surface area contributed by atoms with Crippen LogP contribution in [-0.2, 0) is 11.2 Å². The smallest absolute Gasteiger partial charge is 0.224 e. The van der Waals surface area contributed by atoms with Crippen LogP contribution in [0.1, 0.15) is 12.0 Å². The van der Waals surface area contributed by atoms with Gasteiger partial charge in [-0.1, -0.05) is 30.3 Å². The van der Waals surface area contributed by atoms with Gasteiger partial charge in [-0.25, -0.2) is 0 Å². The molecule has 0 aromatic heterocycles. The van der Waals surface area contributed by atoms with E-state index in [4.69, 9.17) is 0 Å². The number of hydrogen-bond acceptors (Lipinski definition) is 2. The topological polar surface area (TPSA) is 41.1 Å². The highest BCUT2D eigenvalue weighted by Crippen LogP contribution is 2.01. The first-order valence-corrected chi connectivity index (χ1v) is 5.38. The van der Waals surface area contributed by atoms with E-state index in [1.165, 1.54) is 0 Å². The summed E-state index contributed by atoms with van der Waals surface area (Å²) in [4.78, 5) is 11.6. The predicted octanol–water partition coefficient (Wildman–Crippen LogP) is 0.707. The third kappa shape index (κ3) is 3.06. The molecule has 1 aliphatic heterocycles. The molecule has 1 aromatic rings. The highest BCUT2D eigenvalue weighted by atomic mass is 16.1. The van der Waals surface area contributed by atoms with Gasteiger partial charge in [-0.3, -0.25) is 4.79 Å². The van der Waals surface area contributed by atoms with Crippen molar-refractivity contribution in [3.8, 4) is 0 Å². The standard InChI is InChI=1S/C12H16N2O/c15-12(14-11-6-7-13-9-11)8-10-4-2-1-3-5-10/h1-5,11,13H,6-9H2,(H,14,15)/t11-/m0/s1. The lowest BCUT2D eigenvalue weighted by Crippen LogP contribution is -2.37. The Kier molecular flexibility index (Phi) is 3.35. The van der Waals surface area contributed by atoms with E-state index in [9.17, 15) is 4.79 Å². The van der Waals surface area contributed by atoms with Gasteiger partial charge in [-0.05, 0) is 18.5 Å². The molecule has 2 rings (SSSR count). The monoisotopic (exact) mass is 204 g/mol. The molecule has 0 radical (unpaired) electrons. The molecule has 0 aliphatic carbocycles. The zero-order valence-corrected chi connectivity index (χ0v) is 8.70. The first-order valence-electron chi connectivity index (χ1n) is 5.38. The minimum Gasteiger partial charge on any atom is -0.352 e. The van der Waals surface area contributed by atoms with Crippen molar-refractivity contribution in [2.45, 2.75) is 18.9 Å². The summed E-state index contributed by atoms with van der Waals surface area (Å²) in [5.41, 5.74) is 1.07. The van der Waals surface area contributed by atoms with Crippen molar-refractivity contribution >= 4 is 5.91 Å². The van der Waals surface area contributed by atoms with Crippen molar-refractivity contribution in [3.05, 3.63) is 35.9 Å². The van der Waals surface area contributed by atoms with E-state index >= 15 is 0 Å². The van der Waals surface area contributed by atoms with Crippen molar-refractivity contribution in [2.75, 3.05) is 13.1 Å². The highest BCUT2D eigenvalue weighted by molar-refractivity contribution is 5.78. The molecule has 1 atom stereocenters. The van der Waals surface area contributed by atoms with Crippen molar-refractivity contribution < 1.29 is 4.79 Å². The van der Waals surface area contributed by atoms with Crippen LogP contribution in [0.4, 0.5) is 0 Å². The van der Waals surface area contributed by atoms with Crippen molar-refractivity contribution in [2.24, 2.45) is 0 Å². The largest absolute Gasteiger partial charge is 0.352 e. The lowest BCUT2D eigenvalue weighted by atomic mass is 10.1. The van der Waals surface area contributed by atoms with E-state index in [1.807, 2.05) is 30.3 Å². The van der Waals surface area contributed by atoms with Crippen LogP contribution in [0.15, 0.2) is 30.3 Å². The van der Waals surface area contributed by atoms with E-state index in [0.29, 0.717) is 12.5 Å². The van der Waals surface area contributed by atoms with Crippen LogP contribution in [0.3, 0.4) is 0 Å². The second-order valence-corrected chi connectivity index (χ2v) is 3.92. The first-order chi connectivity index (χ1) is 7.34. The normalized spacial score (nSPS) is 20.1. The average molecular weight is 204 g/mol. The van der Waals surface area contributed by atoms with Crippen LogP contribution >= 0.6 is 0 Å². The molecule has 0 bridgehead atoms. The minimum absolute atomic E-state index is 0.120. The molecule has 1 aliphatic rings. The Balaban J connectivity index is 1.82. The zero-order chi connectivity index (χ0) is 10.5. The second kappa shape index (κ2) is 4.94. The first kappa shape index (κ1) is 10.2. The third-order valence-corrected chi connectivity index (χ3v) is 2.63. The molecular weight excluding hydrogens is 188 g/mol. The van der Waals surface area contributed by atoms with Crippen molar-refractivity contribution in [3.63, 3.8) is 0 Å². The van der Waals surface area contributed by atoms with Crippen molar-refractivity contribution in [1.29, 1.82) is 0 Å². The van der Waals surface area contributed by atoms with Gasteiger partial charge in [0.1, 0.15) is 0 Å².